The van der Waals surface area contributed by atoms with Crippen LogP contribution in [0.4, 0.5) is 0 Å². The second-order valence-electron chi connectivity index (χ2n) is 8.96. The van der Waals surface area contributed by atoms with E-state index < -0.39 is 29.2 Å². The van der Waals surface area contributed by atoms with E-state index >= 15 is 0 Å². The SMILES string of the molecule is CCOC(=O)C1=C(c2ccc(Cl)cc2)C([N+](=O)[O-])=C(O)C1=P(c1ccccc1)(c1ccccc1)c1ccccc1. The van der Waals surface area contributed by atoms with Crippen molar-refractivity contribution in [2.24, 2.45) is 0 Å². The van der Waals surface area contributed by atoms with Crippen molar-refractivity contribution in [3.8, 4) is 0 Å². The smallest absolute Gasteiger partial charge is 0.339 e. The minimum Gasteiger partial charge on any atom is -0.502 e. The lowest BCUT2D eigenvalue weighted by molar-refractivity contribution is -0.418. The minimum absolute atomic E-state index is 0.000199. The van der Waals surface area contributed by atoms with E-state index in [0.717, 1.165) is 15.9 Å². The molecule has 0 saturated carbocycles. The summed E-state index contributed by atoms with van der Waals surface area (Å²) in [4.78, 5) is 25.9. The Hall–Kier alpha value is -4.38. The molecule has 6 nitrogen and oxygen atoms in total. The van der Waals surface area contributed by atoms with Crippen LogP contribution in [0.15, 0.2) is 132 Å². The van der Waals surface area contributed by atoms with Gasteiger partial charge in [-0.25, -0.2) is 4.79 Å². The topological polar surface area (TPSA) is 89.7 Å². The highest BCUT2D eigenvalue weighted by Gasteiger charge is 2.47. The molecule has 40 heavy (non-hydrogen) atoms. The lowest BCUT2D eigenvalue weighted by atomic mass is 10.0. The summed E-state index contributed by atoms with van der Waals surface area (Å²) in [5, 5.41) is 27.7. The van der Waals surface area contributed by atoms with E-state index in [1.54, 1.807) is 31.2 Å². The van der Waals surface area contributed by atoms with Crippen molar-refractivity contribution in [2.45, 2.75) is 6.92 Å². The maximum Gasteiger partial charge on any atom is 0.339 e. The van der Waals surface area contributed by atoms with Gasteiger partial charge in [0.2, 0.25) is 5.76 Å². The first kappa shape index (κ1) is 27.2. The minimum atomic E-state index is -3.12. The van der Waals surface area contributed by atoms with Crippen LogP contribution in [0.2, 0.25) is 5.02 Å². The summed E-state index contributed by atoms with van der Waals surface area (Å²) < 4.78 is 5.52. The second-order valence-corrected chi connectivity index (χ2v) is 12.7. The molecule has 0 unspecified atom stereocenters. The monoisotopic (exact) mass is 569 g/mol. The summed E-state index contributed by atoms with van der Waals surface area (Å²) in [6, 6.07) is 34.9. The van der Waals surface area contributed by atoms with Crippen LogP contribution >= 0.6 is 18.5 Å². The average molecular weight is 570 g/mol. The number of nitrogens with zero attached hydrogens (tertiary/aromatic N) is 1. The zero-order valence-corrected chi connectivity index (χ0v) is 23.2. The summed E-state index contributed by atoms with van der Waals surface area (Å²) in [6.07, 6.45) is 0. The van der Waals surface area contributed by atoms with Gasteiger partial charge >= 0.3 is 11.7 Å². The van der Waals surface area contributed by atoms with Crippen molar-refractivity contribution in [1.29, 1.82) is 0 Å². The predicted octanol–water partition coefficient (Wildman–Crippen LogP) is 5.88. The van der Waals surface area contributed by atoms with Gasteiger partial charge in [0, 0.05) is 10.3 Å². The Labute approximate surface area is 237 Å². The van der Waals surface area contributed by atoms with Crippen molar-refractivity contribution in [3.63, 3.8) is 0 Å². The van der Waals surface area contributed by atoms with Gasteiger partial charge in [-0.3, -0.25) is 10.1 Å². The van der Waals surface area contributed by atoms with Gasteiger partial charge in [-0.1, -0.05) is 115 Å². The van der Waals surface area contributed by atoms with Crippen LogP contribution in [0, 0.1) is 10.1 Å². The molecule has 200 valence electrons. The molecule has 0 atom stereocenters. The molecule has 0 bridgehead atoms. The molecule has 0 fully saturated rings. The number of hydrogen-bond acceptors (Lipinski definition) is 5. The molecule has 1 aliphatic rings. The highest BCUT2D eigenvalue weighted by molar-refractivity contribution is 7.96. The number of carbonyl (C=O) groups is 1. The highest BCUT2D eigenvalue weighted by atomic mass is 35.5. The summed E-state index contributed by atoms with van der Waals surface area (Å²) in [6.45, 7) is -1.40. The van der Waals surface area contributed by atoms with Gasteiger partial charge in [0.15, 0.2) is 0 Å². The number of nitro groups is 1. The number of rotatable bonds is 7. The molecule has 0 spiro atoms. The molecular weight excluding hydrogens is 545 g/mol. The number of allylic oxidation sites excluding steroid dienone is 2. The maximum atomic E-state index is 13.9. The van der Waals surface area contributed by atoms with E-state index in [2.05, 4.69) is 0 Å². The molecule has 4 aromatic rings. The van der Waals surface area contributed by atoms with Gasteiger partial charge in [-0.15, -0.1) is 0 Å². The number of carbonyl (C=O) groups excluding carboxylic acids is 1. The number of esters is 1. The zero-order valence-electron chi connectivity index (χ0n) is 21.5. The molecule has 0 amide bonds. The Bertz CT molecular complexity index is 1590. The Morgan fingerprint density at radius 3 is 1.68 bits per heavy atom. The predicted molar refractivity (Wildman–Crippen MR) is 162 cm³/mol. The van der Waals surface area contributed by atoms with Crippen molar-refractivity contribution < 1.29 is 19.6 Å². The van der Waals surface area contributed by atoms with Crippen LogP contribution in [-0.4, -0.2) is 27.9 Å². The first-order valence-corrected chi connectivity index (χ1v) is 14.8. The van der Waals surface area contributed by atoms with Gasteiger partial charge in [0.05, 0.1) is 22.7 Å². The van der Waals surface area contributed by atoms with Crippen molar-refractivity contribution in [1.82, 2.24) is 0 Å². The zero-order chi connectivity index (χ0) is 28.3. The van der Waals surface area contributed by atoms with Crippen LogP contribution < -0.4 is 15.9 Å². The third kappa shape index (κ3) is 4.56. The van der Waals surface area contributed by atoms with Gasteiger partial charge in [-0.05, 0) is 47.4 Å². The van der Waals surface area contributed by atoms with Crippen LogP contribution in [0.1, 0.15) is 12.5 Å². The quantitative estimate of drug-likeness (QED) is 0.130. The van der Waals surface area contributed by atoms with E-state index in [1.165, 1.54) is 0 Å². The van der Waals surface area contributed by atoms with Crippen LogP contribution in [0.25, 0.3) is 5.57 Å². The summed E-state index contributed by atoms with van der Waals surface area (Å²) in [5.41, 5.74) is -0.210. The van der Waals surface area contributed by atoms with Crippen LogP contribution in [0.3, 0.4) is 0 Å². The second kappa shape index (κ2) is 11.4. The molecule has 0 saturated heterocycles. The summed E-state index contributed by atoms with van der Waals surface area (Å²) in [7, 11) is 0. The normalized spacial score (nSPS) is 13.5. The first-order chi connectivity index (χ1) is 19.4. The van der Waals surface area contributed by atoms with Gasteiger partial charge in [0.1, 0.15) is 0 Å². The van der Waals surface area contributed by atoms with Crippen molar-refractivity contribution in [2.75, 3.05) is 6.61 Å². The molecule has 1 aliphatic carbocycles. The Morgan fingerprint density at radius 2 is 1.27 bits per heavy atom. The largest absolute Gasteiger partial charge is 0.502 e. The molecule has 0 radical (unpaired) electrons. The number of halogens is 1. The highest BCUT2D eigenvalue weighted by Crippen LogP contribution is 2.53. The average Bonchev–Trinajstić information content (AvgIpc) is 3.29. The molecule has 0 heterocycles. The van der Waals surface area contributed by atoms with Gasteiger partial charge < -0.3 is 9.84 Å². The van der Waals surface area contributed by atoms with Gasteiger partial charge in [-0.2, -0.15) is 0 Å². The van der Waals surface area contributed by atoms with Crippen molar-refractivity contribution in [3.05, 3.63) is 153 Å². The molecule has 0 aromatic heterocycles. The maximum absolute atomic E-state index is 13.9. The molecule has 0 aliphatic heterocycles. The Kier molecular flexibility index (Phi) is 7.74. The fourth-order valence-electron chi connectivity index (χ4n) is 5.18. The molecule has 5 rings (SSSR count). The number of ether oxygens (including phenoxy) is 1. The Balaban J connectivity index is 2.12. The molecular formula is C32H25ClNO5P. The van der Waals surface area contributed by atoms with Crippen molar-refractivity contribution >= 4 is 51.2 Å². The van der Waals surface area contributed by atoms with E-state index in [4.69, 9.17) is 16.3 Å². The molecule has 8 heteroatoms. The van der Waals surface area contributed by atoms with Crippen LogP contribution in [-0.2, 0) is 9.53 Å². The molecule has 1 N–H and O–H groups in total. The van der Waals surface area contributed by atoms with E-state index in [9.17, 15) is 20.0 Å². The fraction of sp³-hybridized carbons (Fsp3) is 0.0625. The van der Waals surface area contributed by atoms with E-state index in [1.807, 2.05) is 91.0 Å². The van der Waals surface area contributed by atoms with Crippen LogP contribution in [0.5, 0.6) is 0 Å². The molecule has 4 aromatic carbocycles. The third-order valence-corrected chi connectivity index (χ3v) is 11.3. The number of aliphatic hydroxyl groups is 1. The fourth-order valence-corrected chi connectivity index (χ4v) is 9.79. The number of benzene rings is 4. The Morgan fingerprint density at radius 1 is 0.825 bits per heavy atom. The van der Waals surface area contributed by atoms with E-state index in [-0.39, 0.29) is 23.0 Å². The first-order valence-electron chi connectivity index (χ1n) is 12.6. The lowest BCUT2D eigenvalue weighted by Crippen LogP contribution is -2.33. The third-order valence-electron chi connectivity index (χ3n) is 6.73. The number of hydrogen-bond donors (Lipinski definition) is 1. The summed E-state index contributed by atoms with van der Waals surface area (Å²) >= 11 is 6.13. The lowest BCUT2D eigenvalue weighted by Gasteiger charge is -2.32. The standard InChI is InChI=1S/C32H25ClNO5P/c1-2-39-32(36)28-27(22-18-20-23(33)21-19-22)29(34(37)38)30(35)31(28)40(24-12-6-3-7-13-24,25-14-8-4-9-15-25)26-16-10-5-11-17-26/h3-21,35H,2H2,1H3. The van der Waals surface area contributed by atoms with E-state index in [0.29, 0.717) is 10.6 Å². The van der Waals surface area contributed by atoms with Gasteiger partial charge in [0.25, 0.3) is 0 Å². The summed E-state index contributed by atoms with van der Waals surface area (Å²) in [5.74, 6) is -1.30. The number of aliphatic hydroxyl groups excluding tert-OH is 1.